The van der Waals surface area contributed by atoms with E-state index in [1.54, 1.807) is 31.2 Å². The number of carboxylic acids is 1. The highest BCUT2D eigenvalue weighted by atomic mass is 35.5. The van der Waals surface area contributed by atoms with Crippen LogP contribution in [0.25, 0.3) is 6.08 Å². The topological polar surface area (TPSA) is 66.4 Å². The number of aliphatic carboxylic acids is 1. The summed E-state index contributed by atoms with van der Waals surface area (Å²) in [6.45, 7) is 1.62. The molecule has 1 amide bonds. The molecule has 6 heteroatoms. The van der Waals surface area contributed by atoms with Crippen LogP contribution in [0.5, 0.6) is 0 Å². The van der Waals surface area contributed by atoms with Crippen LogP contribution in [0.4, 0.5) is 0 Å². The van der Waals surface area contributed by atoms with Crippen LogP contribution < -0.4 is 5.32 Å². The summed E-state index contributed by atoms with van der Waals surface area (Å²) in [5.41, 5.74) is 0.659. The average Bonchev–Trinajstić information content (AvgIpc) is 2.26. The molecule has 102 valence electrons. The monoisotopic (exact) mass is 301 g/mol. The summed E-state index contributed by atoms with van der Waals surface area (Å²) in [6.07, 6.45) is 2.72. The van der Waals surface area contributed by atoms with Crippen LogP contribution in [0, 0.1) is 0 Å². The zero-order valence-corrected chi connectivity index (χ0v) is 11.7. The van der Waals surface area contributed by atoms with Crippen molar-refractivity contribution >= 4 is 41.2 Å². The van der Waals surface area contributed by atoms with E-state index in [0.717, 1.165) is 0 Å². The minimum absolute atomic E-state index is 0.124. The number of carboxylic acid groups (broad SMARTS) is 1. The lowest BCUT2D eigenvalue weighted by Crippen LogP contribution is -2.32. The third kappa shape index (κ3) is 5.77. The standard InChI is InChI=1S/C13H13Cl2NO3/c1-8(6-13(18)19)16-12(17)5-3-9-2-4-10(14)7-11(9)15/h2-5,7-8H,6H2,1H3,(H,16,17)(H,18,19)/b5-3+. The highest BCUT2D eigenvalue weighted by molar-refractivity contribution is 6.35. The number of nitrogens with one attached hydrogen (secondary N) is 1. The Labute approximate surface area is 121 Å². The number of halogens is 2. The molecule has 1 rings (SSSR count). The van der Waals surface area contributed by atoms with Gasteiger partial charge in [-0.15, -0.1) is 0 Å². The van der Waals surface area contributed by atoms with E-state index in [4.69, 9.17) is 28.3 Å². The Morgan fingerprint density at radius 1 is 1.42 bits per heavy atom. The Bertz CT molecular complexity index is 515. The Morgan fingerprint density at radius 2 is 2.11 bits per heavy atom. The lowest BCUT2D eigenvalue weighted by molar-refractivity contribution is -0.137. The first-order valence-corrected chi connectivity index (χ1v) is 6.29. The van der Waals surface area contributed by atoms with E-state index in [-0.39, 0.29) is 12.3 Å². The number of amides is 1. The van der Waals surface area contributed by atoms with Crippen molar-refractivity contribution in [1.82, 2.24) is 5.32 Å². The molecule has 2 N–H and O–H groups in total. The van der Waals surface area contributed by atoms with Gasteiger partial charge in [-0.2, -0.15) is 0 Å². The van der Waals surface area contributed by atoms with Gasteiger partial charge in [0.15, 0.2) is 0 Å². The highest BCUT2D eigenvalue weighted by Gasteiger charge is 2.08. The van der Waals surface area contributed by atoms with Gasteiger partial charge in [0.2, 0.25) is 5.91 Å². The third-order valence-corrected chi connectivity index (χ3v) is 2.81. The van der Waals surface area contributed by atoms with Gasteiger partial charge in [0.1, 0.15) is 0 Å². The first-order valence-electron chi connectivity index (χ1n) is 5.54. The van der Waals surface area contributed by atoms with Crippen LogP contribution in [0.3, 0.4) is 0 Å². The Hall–Kier alpha value is -1.52. The predicted octanol–water partition coefficient (Wildman–Crippen LogP) is 2.99. The van der Waals surface area contributed by atoms with Crippen molar-refractivity contribution in [1.29, 1.82) is 0 Å². The van der Waals surface area contributed by atoms with Gasteiger partial charge in [0.05, 0.1) is 6.42 Å². The highest BCUT2D eigenvalue weighted by Crippen LogP contribution is 2.21. The average molecular weight is 302 g/mol. The SMILES string of the molecule is CC(CC(=O)O)NC(=O)/C=C/c1ccc(Cl)cc1Cl. The fourth-order valence-corrected chi connectivity index (χ4v) is 1.88. The van der Waals surface area contributed by atoms with E-state index in [0.29, 0.717) is 15.6 Å². The fraction of sp³-hybridized carbons (Fsp3) is 0.231. The smallest absolute Gasteiger partial charge is 0.305 e. The van der Waals surface area contributed by atoms with Crippen LogP contribution >= 0.6 is 23.2 Å². The van der Waals surface area contributed by atoms with Gasteiger partial charge in [-0.3, -0.25) is 9.59 Å². The van der Waals surface area contributed by atoms with Gasteiger partial charge in [0, 0.05) is 22.2 Å². The molecule has 0 fully saturated rings. The van der Waals surface area contributed by atoms with Crippen molar-refractivity contribution in [3.63, 3.8) is 0 Å². The van der Waals surface area contributed by atoms with E-state index in [9.17, 15) is 9.59 Å². The molecule has 4 nitrogen and oxygen atoms in total. The molecule has 0 saturated heterocycles. The number of rotatable bonds is 5. The second-order valence-corrected chi connectivity index (χ2v) is 4.85. The molecule has 0 radical (unpaired) electrons. The molecule has 0 aromatic heterocycles. The zero-order valence-electron chi connectivity index (χ0n) is 10.2. The number of carbonyl (C=O) groups excluding carboxylic acids is 1. The molecule has 0 heterocycles. The van der Waals surface area contributed by atoms with Gasteiger partial charge in [-0.05, 0) is 30.7 Å². The second-order valence-electron chi connectivity index (χ2n) is 4.01. The van der Waals surface area contributed by atoms with Crippen LogP contribution in [0.15, 0.2) is 24.3 Å². The Morgan fingerprint density at radius 3 is 2.68 bits per heavy atom. The summed E-state index contributed by atoms with van der Waals surface area (Å²) < 4.78 is 0. The van der Waals surface area contributed by atoms with Gasteiger partial charge < -0.3 is 10.4 Å². The quantitative estimate of drug-likeness (QED) is 0.822. The van der Waals surface area contributed by atoms with Gasteiger partial charge in [-0.1, -0.05) is 29.3 Å². The summed E-state index contributed by atoms with van der Waals surface area (Å²) in [5.74, 6) is -1.34. The number of hydrogen-bond acceptors (Lipinski definition) is 2. The first kappa shape index (κ1) is 15.5. The van der Waals surface area contributed by atoms with E-state index in [1.807, 2.05) is 0 Å². The maximum Gasteiger partial charge on any atom is 0.305 e. The fourth-order valence-electron chi connectivity index (χ4n) is 1.41. The molecular formula is C13H13Cl2NO3. The molecule has 19 heavy (non-hydrogen) atoms. The summed E-state index contributed by atoms with van der Waals surface area (Å²) in [4.78, 5) is 22.0. The van der Waals surface area contributed by atoms with Crippen LogP contribution in [0.2, 0.25) is 10.0 Å². The predicted molar refractivity (Wildman–Crippen MR) is 75.4 cm³/mol. The summed E-state index contributed by atoms with van der Waals surface area (Å²) in [5, 5.41) is 12.1. The molecule has 0 aliphatic rings. The molecule has 0 aliphatic carbocycles. The lowest BCUT2D eigenvalue weighted by atomic mass is 10.2. The second kappa shape index (κ2) is 7.16. The molecule has 1 unspecified atom stereocenters. The molecule has 1 aromatic carbocycles. The van der Waals surface area contributed by atoms with Crippen LogP contribution in [0.1, 0.15) is 18.9 Å². The molecule has 1 aromatic rings. The summed E-state index contributed by atoms with van der Waals surface area (Å²) in [7, 11) is 0. The van der Waals surface area contributed by atoms with Gasteiger partial charge >= 0.3 is 5.97 Å². The van der Waals surface area contributed by atoms with E-state index >= 15 is 0 Å². The summed E-state index contributed by atoms with van der Waals surface area (Å²) in [6, 6.07) is 4.50. The lowest BCUT2D eigenvalue weighted by Gasteiger charge is -2.09. The molecule has 0 spiro atoms. The van der Waals surface area contributed by atoms with Crippen molar-refractivity contribution in [2.45, 2.75) is 19.4 Å². The van der Waals surface area contributed by atoms with Gasteiger partial charge in [0.25, 0.3) is 0 Å². The molecular weight excluding hydrogens is 289 g/mol. The maximum absolute atomic E-state index is 11.5. The van der Waals surface area contributed by atoms with Crippen molar-refractivity contribution in [3.8, 4) is 0 Å². The maximum atomic E-state index is 11.5. The largest absolute Gasteiger partial charge is 0.481 e. The number of hydrogen-bond donors (Lipinski definition) is 2. The summed E-state index contributed by atoms with van der Waals surface area (Å²) >= 11 is 11.7. The van der Waals surface area contributed by atoms with E-state index in [1.165, 1.54) is 6.08 Å². The number of benzene rings is 1. The van der Waals surface area contributed by atoms with E-state index < -0.39 is 12.0 Å². The van der Waals surface area contributed by atoms with Crippen molar-refractivity contribution in [3.05, 3.63) is 39.9 Å². The number of carbonyl (C=O) groups is 2. The normalized spacial score (nSPS) is 12.4. The minimum Gasteiger partial charge on any atom is -0.481 e. The molecule has 0 aliphatic heterocycles. The van der Waals surface area contributed by atoms with Crippen molar-refractivity contribution < 1.29 is 14.7 Å². The van der Waals surface area contributed by atoms with Crippen molar-refractivity contribution in [2.24, 2.45) is 0 Å². The van der Waals surface area contributed by atoms with Gasteiger partial charge in [-0.25, -0.2) is 0 Å². The molecule has 0 saturated carbocycles. The zero-order chi connectivity index (χ0) is 14.4. The van der Waals surface area contributed by atoms with Crippen molar-refractivity contribution in [2.75, 3.05) is 0 Å². The third-order valence-electron chi connectivity index (χ3n) is 2.25. The van der Waals surface area contributed by atoms with Crippen LogP contribution in [-0.4, -0.2) is 23.0 Å². The Balaban J connectivity index is 2.61. The Kier molecular flexibility index (Phi) is 5.86. The first-order chi connectivity index (χ1) is 8.88. The van der Waals surface area contributed by atoms with E-state index in [2.05, 4.69) is 5.32 Å². The van der Waals surface area contributed by atoms with Crippen LogP contribution in [-0.2, 0) is 9.59 Å². The molecule has 1 atom stereocenters. The minimum atomic E-state index is -0.961. The molecule has 0 bridgehead atoms.